The average Bonchev–Trinajstić information content (AvgIpc) is 2.68. The third kappa shape index (κ3) is 3.65. The van der Waals surface area contributed by atoms with Crippen LogP contribution >= 0.6 is 0 Å². The first-order valence-corrected chi connectivity index (χ1v) is 9.12. The number of likely N-dealkylation sites (tertiary alicyclic amines) is 1. The minimum Gasteiger partial charge on any atom is -0.465 e. The Bertz CT molecular complexity index is 787. The summed E-state index contributed by atoms with van der Waals surface area (Å²) in [5.41, 5.74) is 0.0134. The topological polar surface area (TPSA) is 75.7 Å². The van der Waals surface area contributed by atoms with Crippen LogP contribution in [-0.2, 0) is 19.1 Å². The first-order valence-electron chi connectivity index (χ1n) is 9.12. The Balaban J connectivity index is 1.90. The third-order valence-corrected chi connectivity index (χ3v) is 4.98. The lowest BCUT2D eigenvalue weighted by molar-refractivity contribution is -0.163. The van der Waals surface area contributed by atoms with E-state index < -0.39 is 11.5 Å². The normalized spacial score (nSPS) is 26.4. The molecule has 2 aliphatic rings. The number of rotatable bonds is 6. The minimum absolute atomic E-state index is 0.189. The summed E-state index contributed by atoms with van der Waals surface area (Å²) in [6.07, 6.45) is 7.88. The van der Waals surface area contributed by atoms with E-state index in [0.717, 1.165) is 5.56 Å². The molecule has 3 unspecified atom stereocenters. The van der Waals surface area contributed by atoms with E-state index >= 15 is 0 Å². The zero-order valence-corrected chi connectivity index (χ0v) is 15.6. The molecule has 1 aromatic carbocycles. The van der Waals surface area contributed by atoms with Crippen LogP contribution in [0.2, 0.25) is 0 Å². The van der Waals surface area contributed by atoms with Crippen LogP contribution in [0.5, 0.6) is 0 Å². The maximum atomic E-state index is 12.8. The van der Waals surface area contributed by atoms with Crippen molar-refractivity contribution < 1.29 is 19.1 Å². The molecule has 0 saturated carbocycles. The number of benzene rings is 1. The molecule has 1 saturated heterocycles. The van der Waals surface area contributed by atoms with Gasteiger partial charge in [-0.3, -0.25) is 14.4 Å². The van der Waals surface area contributed by atoms with Crippen molar-refractivity contribution in [1.82, 2.24) is 10.2 Å². The summed E-state index contributed by atoms with van der Waals surface area (Å²) in [7, 11) is 0. The van der Waals surface area contributed by atoms with Crippen molar-refractivity contribution in [2.45, 2.75) is 32.4 Å². The lowest BCUT2D eigenvalue weighted by Crippen LogP contribution is -2.67. The maximum Gasteiger partial charge on any atom is 0.318 e. The van der Waals surface area contributed by atoms with Crippen LogP contribution in [0.15, 0.2) is 54.6 Å². The van der Waals surface area contributed by atoms with Gasteiger partial charge in [0.2, 0.25) is 11.8 Å². The molecule has 142 valence electrons. The van der Waals surface area contributed by atoms with Gasteiger partial charge in [0.25, 0.3) is 0 Å². The van der Waals surface area contributed by atoms with Gasteiger partial charge in [-0.2, -0.15) is 0 Å². The largest absolute Gasteiger partial charge is 0.465 e. The first kappa shape index (κ1) is 18.9. The SMILES string of the molecule is CCOC(=O)C1(CN2C(=O)C(NC(C)=O)C2c2ccccc2)C=CC=CC1. The molecule has 0 aromatic heterocycles. The lowest BCUT2D eigenvalue weighted by Gasteiger charge is -2.50. The smallest absolute Gasteiger partial charge is 0.318 e. The fourth-order valence-corrected chi connectivity index (χ4v) is 3.68. The van der Waals surface area contributed by atoms with Gasteiger partial charge in [0.1, 0.15) is 11.5 Å². The number of amides is 2. The van der Waals surface area contributed by atoms with Crippen molar-refractivity contribution in [3.05, 3.63) is 60.2 Å². The number of carbonyl (C=O) groups is 3. The van der Waals surface area contributed by atoms with Crippen molar-refractivity contribution in [2.75, 3.05) is 13.2 Å². The molecular weight excluding hydrogens is 344 g/mol. The van der Waals surface area contributed by atoms with Crippen LogP contribution in [0, 0.1) is 5.41 Å². The van der Waals surface area contributed by atoms with E-state index in [2.05, 4.69) is 5.32 Å². The number of carbonyl (C=O) groups excluding carboxylic acids is 3. The number of β-lactam (4-membered cyclic amide) rings is 1. The second-order valence-corrected chi connectivity index (χ2v) is 6.87. The van der Waals surface area contributed by atoms with Crippen molar-refractivity contribution in [3.63, 3.8) is 0 Å². The van der Waals surface area contributed by atoms with Crippen LogP contribution in [0.3, 0.4) is 0 Å². The van der Waals surface area contributed by atoms with Gasteiger partial charge in [0, 0.05) is 13.5 Å². The summed E-state index contributed by atoms with van der Waals surface area (Å²) in [6, 6.07) is 8.60. The molecule has 1 aromatic rings. The summed E-state index contributed by atoms with van der Waals surface area (Å²) in [4.78, 5) is 38.7. The van der Waals surface area contributed by atoms with E-state index in [-0.39, 0.29) is 37.0 Å². The highest BCUT2D eigenvalue weighted by Crippen LogP contribution is 2.40. The van der Waals surface area contributed by atoms with Crippen LogP contribution in [0.1, 0.15) is 31.9 Å². The summed E-state index contributed by atoms with van der Waals surface area (Å²) < 4.78 is 5.29. The lowest BCUT2D eigenvalue weighted by atomic mass is 9.78. The zero-order chi connectivity index (χ0) is 19.4. The molecule has 0 bridgehead atoms. The van der Waals surface area contributed by atoms with Gasteiger partial charge in [0.15, 0.2) is 0 Å². The molecule has 2 amide bonds. The average molecular weight is 368 g/mol. The van der Waals surface area contributed by atoms with E-state index in [0.29, 0.717) is 6.42 Å². The van der Waals surface area contributed by atoms with Crippen molar-refractivity contribution in [2.24, 2.45) is 5.41 Å². The van der Waals surface area contributed by atoms with Crippen LogP contribution in [0.4, 0.5) is 0 Å². The standard InChI is InChI=1S/C21H24N2O4/c1-3-27-20(26)21(12-8-5-9-13-21)14-23-18(16-10-6-4-7-11-16)17(19(23)25)22-15(2)24/h4-12,17-18H,3,13-14H2,1-2H3,(H,22,24). The van der Waals surface area contributed by atoms with E-state index in [1.54, 1.807) is 11.8 Å². The molecule has 6 nitrogen and oxygen atoms in total. The Morgan fingerprint density at radius 2 is 2.00 bits per heavy atom. The monoisotopic (exact) mass is 368 g/mol. The summed E-state index contributed by atoms with van der Waals surface area (Å²) >= 11 is 0. The molecule has 1 fully saturated rings. The molecule has 6 heteroatoms. The van der Waals surface area contributed by atoms with Crippen molar-refractivity contribution >= 4 is 17.8 Å². The maximum absolute atomic E-state index is 12.8. The molecule has 1 aliphatic heterocycles. The van der Waals surface area contributed by atoms with Crippen LogP contribution < -0.4 is 5.32 Å². The second kappa shape index (κ2) is 7.78. The molecule has 0 spiro atoms. The van der Waals surface area contributed by atoms with Gasteiger partial charge in [-0.15, -0.1) is 0 Å². The zero-order valence-electron chi connectivity index (χ0n) is 15.6. The van der Waals surface area contributed by atoms with Crippen LogP contribution in [0.25, 0.3) is 0 Å². The molecule has 3 rings (SSSR count). The highest BCUT2D eigenvalue weighted by Gasteiger charge is 2.52. The molecular formula is C21H24N2O4. The Hall–Kier alpha value is -2.89. The third-order valence-electron chi connectivity index (χ3n) is 4.98. The number of hydrogen-bond donors (Lipinski definition) is 1. The number of hydrogen-bond acceptors (Lipinski definition) is 4. The summed E-state index contributed by atoms with van der Waals surface area (Å²) in [6.45, 7) is 3.65. The molecule has 1 N–H and O–H groups in total. The first-order chi connectivity index (χ1) is 13.0. The Kier molecular flexibility index (Phi) is 5.44. The second-order valence-electron chi connectivity index (χ2n) is 6.87. The highest BCUT2D eigenvalue weighted by molar-refractivity contribution is 5.94. The Morgan fingerprint density at radius 1 is 1.26 bits per heavy atom. The molecule has 0 radical (unpaired) electrons. The van der Waals surface area contributed by atoms with Gasteiger partial charge < -0.3 is 15.0 Å². The van der Waals surface area contributed by atoms with Gasteiger partial charge in [0.05, 0.1) is 12.6 Å². The summed E-state index contributed by atoms with van der Waals surface area (Å²) in [5, 5.41) is 2.73. The Labute approximate surface area is 158 Å². The fourth-order valence-electron chi connectivity index (χ4n) is 3.68. The number of ether oxygens (including phenoxy) is 1. The number of nitrogens with zero attached hydrogens (tertiary/aromatic N) is 1. The Morgan fingerprint density at radius 3 is 2.59 bits per heavy atom. The molecule has 27 heavy (non-hydrogen) atoms. The van der Waals surface area contributed by atoms with Gasteiger partial charge in [-0.25, -0.2) is 0 Å². The highest BCUT2D eigenvalue weighted by atomic mass is 16.5. The van der Waals surface area contributed by atoms with Gasteiger partial charge in [-0.1, -0.05) is 54.6 Å². The minimum atomic E-state index is -0.908. The van der Waals surface area contributed by atoms with Gasteiger partial charge >= 0.3 is 5.97 Å². The van der Waals surface area contributed by atoms with Crippen molar-refractivity contribution in [1.29, 1.82) is 0 Å². The summed E-state index contributed by atoms with van der Waals surface area (Å²) in [5.74, 6) is -0.784. The van der Waals surface area contributed by atoms with E-state index in [9.17, 15) is 14.4 Å². The molecule has 3 atom stereocenters. The quantitative estimate of drug-likeness (QED) is 0.617. The molecule has 1 heterocycles. The number of nitrogens with one attached hydrogen (secondary N) is 1. The van der Waals surface area contributed by atoms with Gasteiger partial charge in [-0.05, 0) is 18.9 Å². The fraction of sp³-hybridized carbons (Fsp3) is 0.381. The number of esters is 1. The van der Waals surface area contributed by atoms with Crippen molar-refractivity contribution in [3.8, 4) is 0 Å². The number of allylic oxidation sites excluding steroid dienone is 3. The predicted octanol–water partition coefficient (Wildman–Crippen LogP) is 2.14. The predicted molar refractivity (Wildman–Crippen MR) is 100 cm³/mol. The van der Waals surface area contributed by atoms with E-state index in [1.165, 1.54) is 6.92 Å². The molecule has 1 aliphatic carbocycles. The van der Waals surface area contributed by atoms with E-state index in [1.807, 2.05) is 54.6 Å². The van der Waals surface area contributed by atoms with Crippen LogP contribution in [-0.4, -0.2) is 41.9 Å². The van der Waals surface area contributed by atoms with E-state index in [4.69, 9.17) is 4.74 Å².